The van der Waals surface area contributed by atoms with Crippen molar-refractivity contribution in [2.75, 3.05) is 10.3 Å². The van der Waals surface area contributed by atoms with Gasteiger partial charge in [-0.05, 0) is 47.2 Å². The number of carbonyl (C=O) groups is 1. The molecule has 0 saturated carbocycles. The van der Waals surface area contributed by atoms with Crippen molar-refractivity contribution in [3.05, 3.63) is 90.0 Å². The van der Waals surface area contributed by atoms with Crippen molar-refractivity contribution in [1.82, 2.24) is 5.43 Å². The first-order chi connectivity index (χ1) is 14.0. The highest BCUT2D eigenvalue weighted by molar-refractivity contribution is 5.93. The standard InChI is InChI=1S/C25H29N3O/c1-18(2)22-16-11-17-23(19(3)4)24(22)26-25(29)27-28(20-12-7-5-8-13-20)21-14-9-6-10-15-21/h5-19H,1-4H3,(H2,26,27,29). The van der Waals surface area contributed by atoms with Crippen LogP contribution in [0.4, 0.5) is 21.9 Å². The molecule has 3 aromatic rings. The number of carbonyl (C=O) groups excluding carboxylic acids is 1. The number of nitrogens with zero attached hydrogens (tertiary/aromatic N) is 1. The molecule has 4 nitrogen and oxygen atoms in total. The minimum atomic E-state index is -0.271. The second-order valence-corrected chi connectivity index (χ2v) is 7.69. The van der Waals surface area contributed by atoms with Crippen molar-refractivity contribution in [3.8, 4) is 0 Å². The average molecular weight is 388 g/mol. The number of para-hydroxylation sites is 3. The fourth-order valence-electron chi connectivity index (χ4n) is 3.37. The van der Waals surface area contributed by atoms with Gasteiger partial charge >= 0.3 is 6.03 Å². The molecule has 0 fully saturated rings. The molecule has 29 heavy (non-hydrogen) atoms. The Hall–Kier alpha value is -3.27. The quantitative estimate of drug-likeness (QED) is 0.456. The van der Waals surface area contributed by atoms with Crippen LogP contribution in [0.5, 0.6) is 0 Å². The normalized spacial score (nSPS) is 10.8. The van der Waals surface area contributed by atoms with Gasteiger partial charge in [0.15, 0.2) is 0 Å². The number of urea groups is 1. The van der Waals surface area contributed by atoms with Crippen LogP contribution < -0.4 is 15.8 Å². The van der Waals surface area contributed by atoms with Gasteiger partial charge in [0.2, 0.25) is 0 Å². The van der Waals surface area contributed by atoms with Crippen LogP contribution in [0.25, 0.3) is 0 Å². The molecule has 4 heteroatoms. The number of benzene rings is 3. The number of hydrogen-bond donors (Lipinski definition) is 2. The molecule has 0 aliphatic rings. The third kappa shape index (κ3) is 4.96. The van der Waals surface area contributed by atoms with E-state index in [1.54, 1.807) is 5.01 Å². The first-order valence-electron chi connectivity index (χ1n) is 10.1. The summed E-state index contributed by atoms with van der Waals surface area (Å²) < 4.78 is 0. The maximum atomic E-state index is 13.1. The zero-order valence-corrected chi connectivity index (χ0v) is 17.5. The summed E-state index contributed by atoms with van der Waals surface area (Å²) in [6, 6.07) is 25.6. The van der Waals surface area contributed by atoms with E-state index in [-0.39, 0.29) is 6.03 Å². The van der Waals surface area contributed by atoms with Gasteiger partial charge in [0.1, 0.15) is 0 Å². The van der Waals surface area contributed by atoms with Crippen molar-refractivity contribution in [2.45, 2.75) is 39.5 Å². The molecule has 2 amide bonds. The van der Waals surface area contributed by atoms with Crippen molar-refractivity contribution in [1.29, 1.82) is 0 Å². The highest BCUT2D eigenvalue weighted by atomic mass is 16.2. The topological polar surface area (TPSA) is 44.4 Å². The summed E-state index contributed by atoms with van der Waals surface area (Å²) in [6.45, 7) is 8.57. The van der Waals surface area contributed by atoms with E-state index in [1.807, 2.05) is 60.7 Å². The molecule has 2 N–H and O–H groups in total. The van der Waals surface area contributed by atoms with Crippen LogP contribution in [0.3, 0.4) is 0 Å². The molecular formula is C25H29N3O. The van der Waals surface area contributed by atoms with Crippen LogP contribution >= 0.6 is 0 Å². The summed E-state index contributed by atoms with van der Waals surface area (Å²) >= 11 is 0. The lowest BCUT2D eigenvalue weighted by Crippen LogP contribution is -2.42. The molecule has 150 valence electrons. The van der Waals surface area contributed by atoms with Crippen LogP contribution in [0, 0.1) is 0 Å². The van der Waals surface area contributed by atoms with E-state index in [0.29, 0.717) is 11.8 Å². The van der Waals surface area contributed by atoms with Gasteiger partial charge < -0.3 is 5.32 Å². The first kappa shape index (κ1) is 20.5. The van der Waals surface area contributed by atoms with Gasteiger partial charge in [-0.2, -0.15) is 0 Å². The molecule has 0 aliphatic heterocycles. The third-order valence-corrected chi connectivity index (χ3v) is 4.85. The van der Waals surface area contributed by atoms with E-state index >= 15 is 0 Å². The van der Waals surface area contributed by atoms with Crippen LogP contribution in [0.15, 0.2) is 78.9 Å². The lowest BCUT2D eigenvalue weighted by Gasteiger charge is -2.27. The molecule has 0 unspecified atom stereocenters. The number of hydrogen-bond acceptors (Lipinski definition) is 2. The molecule has 0 atom stereocenters. The lowest BCUT2D eigenvalue weighted by molar-refractivity contribution is 0.252. The number of nitrogens with one attached hydrogen (secondary N) is 2. The summed E-state index contributed by atoms with van der Waals surface area (Å²) in [5.41, 5.74) is 7.95. The summed E-state index contributed by atoms with van der Waals surface area (Å²) in [6.07, 6.45) is 0. The van der Waals surface area contributed by atoms with E-state index in [1.165, 1.54) is 0 Å². The van der Waals surface area contributed by atoms with E-state index in [4.69, 9.17) is 0 Å². The van der Waals surface area contributed by atoms with Gasteiger partial charge in [0, 0.05) is 5.69 Å². The van der Waals surface area contributed by atoms with Gasteiger partial charge in [0.05, 0.1) is 11.4 Å². The van der Waals surface area contributed by atoms with Crippen molar-refractivity contribution in [2.24, 2.45) is 0 Å². The molecular weight excluding hydrogens is 358 g/mol. The van der Waals surface area contributed by atoms with Gasteiger partial charge in [-0.25, -0.2) is 10.2 Å². The molecule has 0 aliphatic carbocycles. The molecule has 0 aromatic heterocycles. The highest BCUT2D eigenvalue weighted by Gasteiger charge is 2.18. The highest BCUT2D eigenvalue weighted by Crippen LogP contribution is 2.32. The SMILES string of the molecule is CC(C)c1cccc(C(C)C)c1NC(=O)NN(c1ccccc1)c1ccccc1. The van der Waals surface area contributed by atoms with Gasteiger partial charge in [-0.1, -0.05) is 82.3 Å². The minimum Gasteiger partial charge on any atom is -0.306 e. The third-order valence-electron chi connectivity index (χ3n) is 4.85. The Morgan fingerprint density at radius 3 is 1.55 bits per heavy atom. The molecule has 3 rings (SSSR count). The number of amides is 2. The second kappa shape index (κ2) is 9.28. The Morgan fingerprint density at radius 1 is 0.690 bits per heavy atom. The minimum absolute atomic E-state index is 0.271. The molecule has 0 spiro atoms. The second-order valence-electron chi connectivity index (χ2n) is 7.69. The maximum Gasteiger partial charge on any atom is 0.338 e. The maximum absolute atomic E-state index is 13.1. The Bertz CT molecular complexity index is 871. The molecule has 0 heterocycles. The molecule has 0 bridgehead atoms. The summed E-state index contributed by atoms with van der Waals surface area (Å²) in [7, 11) is 0. The largest absolute Gasteiger partial charge is 0.338 e. The Kier molecular flexibility index (Phi) is 6.55. The monoisotopic (exact) mass is 387 g/mol. The predicted molar refractivity (Wildman–Crippen MR) is 122 cm³/mol. The van der Waals surface area contributed by atoms with Crippen LogP contribution in [-0.2, 0) is 0 Å². The van der Waals surface area contributed by atoms with Crippen molar-refractivity contribution >= 4 is 23.1 Å². The summed E-state index contributed by atoms with van der Waals surface area (Å²) in [4.78, 5) is 13.1. The predicted octanol–water partition coefficient (Wildman–Crippen LogP) is 6.81. The van der Waals surface area contributed by atoms with Crippen LogP contribution in [-0.4, -0.2) is 6.03 Å². The fraction of sp³-hybridized carbons (Fsp3) is 0.240. The first-order valence-corrected chi connectivity index (χ1v) is 10.1. The average Bonchev–Trinajstić information content (AvgIpc) is 2.73. The molecule has 0 saturated heterocycles. The number of rotatable bonds is 6. The van der Waals surface area contributed by atoms with E-state index in [2.05, 4.69) is 56.6 Å². The molecule has 3 aromatic carbocycles. The smallest absolute Gasteiger partial charge is 0.306 e. The van der Waals surface area contributed by atoms with E-state index in [0.717, 1.165) is 28.2 Å². The summed E-state index contributed by atoms with van der Waals surface area (Å²) in [5, 5.41) is 4.91. The van der Waals surface area contributed by atoms with Gasteiger partial charge in [0.25, 0.3) is 0 Å². The van der Waals surface area contributed by atoms with Crippen LogP contribution in [0.1, 0.15) is 50.7 Å². The zero-order valence-electron chi connectivity index (χ0n) is 17.5. The Morgan fingerprint density at radius 2 is 1.14 bits per heavy atom. The van der Waals surface area contributed by atoms with E-state index < -0.39 is 0 Å². The van der Waals surface area contributed by atoms with Crippen molar-refractivity contribution in [3.63, 3.8) is 0 Å². The fourth-order valence-corrected chi connectivity index (χ4v) is 3.37. The Balaban J connectivity index is 1.91. The zero-order chi connectivity index (χ0) is 20.8. The van der Waals surface area contributed by atoms with Crippen molar-refractivity contribution < 1.29 is 4.79 Å². The lowest BCUT2D eigenvalue weighted by atomic mass is 9.93. The van der Waals surface area contributed by atoms with Crippen LogP contribution in [0.2, 0.25) is 0 Å². The summed E-state index contributed by atoms with van der Waals surface area (Å²) in [5.74, 6) is 0.617. The van der Waals surface area contributed by atoms with E-state index in [9.17, 15) is 4.79 Å². The Labute approximate surface area is 173 Å². The number of hydrazine groups is 1. The molecule has 0 radical (unpaired) electrons. The van der Waals surface area contributed by atoms with Gasteiger partial charge in [-0.15, -0.1) is 0 Å². The number of anilines is 3. The van der Waals surface area contributed by atoms with Gasteiger partial charge in [-0.3, -0.25) is 5.01 Å².